The molecule has 16 heavy (non-hydrogen) atoms. The first-order valence-electron chi connectivity index (χ1n) is 5.29. The lowest BCUT2D eigenvalue weighted by atomic mass is 9.65. The van der Waals surface area contributed by atoms with Gasteiger partial charge in [0.05, 0.1) is 0 Å². The molecular weight excluding hydrogens is 216 g/mol. The largest absolute Gasteiger partial charge is 0.506 e. The topological polar surface area (TPSA) is 93.1 Å². The Labute approximate surface area is 92.2 Å². The SMILES string of the molecule is O=C(O)OC12CCC(OC(=O)O)(CC1)CC2. The Balaban J connectivity index is 2.02. The molecule has 2 bridgehead atoms. The third kappa shape index (κ3) is 1.91. The Morgan fingerprint density at radius 1 is 0.750 bits per heavy atom. The van der Waals surface area contributed by atoms with E-state index in [1.807, 2.05) is 0 Å². The van der Waals surface area contributed by atoms with Crippen LogP contribution in [0.2, 0.25) is 0 Å². The number of carbonyl (C=O) groups is 2. The molecule has 6 heteroatoms. The fourth-order valence-electron chi connectivity index (χ4n) is 2.79. The molecule has 0 aliphatic heterocycles. The van der Waals surface area contributed by atoms with E-state index in [2.05, 4.69) is 0 Å². The molecule has 3 saturated carbocycles. The molecule has 0 atom stereocenters. The van der Waals surface area contributed by atoms with Crippen molar-refractivity contribution < 1.29 is 29.3 Å². The summed E-state index contributed by atoms with van der Waals surface area (Å²) in [5, 5.41) is 17.3. The first kappa shape index (κ1) is 11.0. The summed E-state index contributed by atoms with van der Waals surface area (Å²) in [4.78, 5) is 21.1. The number of fused-ring (bicyclic) bond motifs is 3. The zero-order chi connectivity index (χ0) is 11.8. The van der Waals surface area contributed by atoms with E-state index in [9.17, 15) is 9.59 Å². The standard InChI is InChI=1S/C10H14O6/c11-7(12)15-9-1-2-10(5-3-9,6-4-9)16-8(13)14/h1-6H2,(H,11,12)(H,13,14). The smallest absolute Gasteiger partial charge is 0.450 e. The highest BCUT2D eigenvalue weighted by Crippen LogP contribution is 2.50. The van der Waals surface area contributed by atoms with Gasteiger partial charge < -0.3 is 19.7 Å². The van der Waals surface area contributed by atoms with Crippen molar-refractivity contribution >= 4 is 12.3 Å². The van der Waals surface area contributed by atoms with Crippen LogP contribution >= 0.6 is 0 Å². The normalized spacial score (nSPS) is 36.8. The van der Waals surface area contributed by atoms with Gasteiger partial charge in [0.1, 0.15) is 11.2 Å². The Hall–Kier alpha value is -1.46. The van der Waals surface area contributed by atoms with Crippen LogP contribution in [0, 0.1) is 0 Å². The van der Waals surface area contributed by atoms with E-state index < -0.39 is 23.5 Å². The summed E-state index contributed by atoms with van der Waals surface area (Å²) < 4.78 is 9.86. The highest BCUT2D eigenvalue weighted by molar-refractivity contribution is 5.58. The summed E-state index contributed by atoms with van der Waals surface area (Å²) in [7, 11) is 0. The van der Waals surface area contributed by atoms with Gasteiger partial charge >= 0.3 is 12.3 Å². The van der Waals surface area contributed by atoms with Crippen molar-refractivity contribution in [1.29, 1.82) is 0 Å². The lowest BCUT2D eigenvalue weighted by Crippen LogP contribution is -2.53. The highest BCUT2D eigenvalue weighted by atomic mass is 16.7. The number of hydrogen-bond donors (Lipinski definition) is 2. The molecule has 6 nitrogen and oxygen atoms in total. The molecule has 3 fully saturated rings. The lowest BCUT2D eigenvalue weighted by Gasteiger charge is -2.50. The van der Waals surface area contributed by atoms with Gasteiger partial charge in [-0.05, 0) is 38.5 Å². The van der Waals surface area contributed by atoms with Gasteiger partial charge in [-0.2, -0.15) is 0 Å². The number of rotatable bonds is 2. The Bertz CT molecular complexity index is 267. The quantitative estimate of drug-likeness (QED) is 0.706. The maximum Gasteiger partial charge on any atom is 0.506 e. The molecule has 0 saturated heterocycles. The van der Waals surface area contributed by atoms with Crippen molar-refractivity contribution in [3.63, 3.8) is 0 Å². The van der Waals surface area contributed by atoms with Gasteiger partial charge in [0, 0.05) is 0 Å². The van der Waals surface area contributed by atoms with Crippen LogP contribution in [0.4, 0.5) is 9.59 Å². The van der Waals surface area contributed by atoms with Gasteiger partial charge in [-0.3, -0.25) is 0 Å². The fourth-order valence-corrected chi connectivity index (χ4v) is 2.79. The fraction of sp³-hybridized carbons (Fsp3) is 0.800. The molecule has 3 rings (SSSR count). The third-order valence-corrected chi connectivity index (χ3v) is 3.72. The summed E-state index contributed by atoms with van der Waals surface area (Å²) in [6.07, 6.45) is 0.777. The molecule has 0 amide bonds. The summed E-state index contributed by atoms with van der Waals surface area (Å²) in [5.74, 6) is 0. The van der Waals surface area contributed by atoms with Crippen molar-refractivity contribution in [3.05, 3.63) is 0 Å². The van der Waals surface area contributed by atoms with E-state index in [1.54, 1.807) is 0 Å². The van der Waals surface area contributed by atoms with Gasteiger partial charge in [0.25, 0.3) is 0 Å². The van der Waals surface area contributed by atoms with E-state index in [0.717, 1.165) is 0 Å². The first-order chi connectivity index (χ1) is 7.45. The molecule has 3 aliphatic rings. The van der Waals surface area contributed by atoms with Crippen LogP contribution < -0.4 is 0 Å². The molecule has 0 spiro atoms. The minimum absolute atomic E-state index is 0.548. The third-order valence-electron chi connectivity index (χ3n) is 3.72. The molecular formula is C10H14O6. The molecule has 0 aromatic heterocycles. The molecule has 90 valence electrons. The number of carboxylic acid groups (broad SMARTS) is 2. The van der Waals surface area contributed by atoms with Crippen LogP contribution in [0.25, 0.3) is 0 Å². The minimum Gasteiger partial charge on any atom is -0.450 e. The second kappa shape index (κ2) is 3.54. The van der Waals surface area contributed by atoms with Crippen LogP contribution in [-0.2, 0) is 9.47 Å². The van der Waals surface area contributed by atoms with Crippen molar-refractivity contribution in [2.75, 3.05) is 0 Å². The van der Waals surface area contributed by atoms with Crippen molar-refractivity contribution in [3.8, 4) is 0 Å². The van der Waals surface area contributed by atoms with E-state index in [1.165, 1.54) is 0 Å². The zero-order valence-electron chi connectivity index (χ0n) is 8.77. The zero-order valence-corrected chi connectivity index (χ0v) is 8.77. The van der Waals surface area contributed by atoms with Crippen molar-refractivity contribution in [2.24, 2.45) is 0 Å². The Kier molecular flexibility index (Phi) is 2.44. The van der Waals surface area contributed by atoms with Crippen LogP contribution in [0.15, 0.2) is 0 Å². The van der Waals surface area contributed by atoms with Crippen LogP contribution in [-0.4, -0.2) is 33.7 Å². The average Bonchev–Trinajstić information content (AvgIpc) is 2.18. The van der Waals surface area contributed by atoms with E-state index >= 15 is 0 Å². The maximum atomic E-state index is 10.6. The molecule has 0 radical (unpaired) electrons. The summed E-state index contributed by atoms with van der Waals surface area (Å²) in [5.41, 5.74) is -1.20. The van der Waals surface area contributed by atoms with Crippen molar-refractivity contribution in [1.82, 2.24) is 0 Å². The maximum absolute atomic E-state index is 10.6. The summed E-state index contributed by atoms with van der Waals surface area (Å²) >= 11 is 0. The highest BCUT2D eigenvalue weighted by Gasteiger charge is 2.53. The van der Waals surface area contributed by atoms with Crippen LogP contribution in [0.3, 0.4) is 0 Å². The van der Waals surface area contributed by atoms with Crippen LogP contribution in [0.5, 0.6) is 0 Å². The van der Waals surface area contributed by atoms with Crippen molar-refractivity contribution in [2.45, 2.75) is 49.7 Å². The monoisotopic (exact) mass is 230 g/mol. The van der Waals surface area contributed by atoms with Gasteiger partial charge in [0.15, 0.2) is 0 Å². The minimum atomic E-state index is -1.26. The molecule has 0 aromatic rings. The molecule has 2 N–H and O–H groups in total. The molecule has 0 heterocycles. The first-order valence-corrected chi connectivity index (χ1v) is 5.29. The molecule has 0 aromatic carbocycles. The van der Waals surface area contributed by atoms with E-state index in [-0.39, 0.29) is 0 Å². The predicted octanol–water partition coefficient (Wildman–Crippen LogP) is 2.22. The van der Waals surface area contributed by atoms with E-state index in [4.69, 9.17) is 19.7 Å². The summed E-state index contributed by atoms with van der Waals surface area (Å²) in [6, 6.07) is 0. The van der Waals surface area contributed by atoms with Gasteiger partial charge in [0.2, 0.25) is 0 Å². The Morgan fingerprint density at radius 2 is 1.00 bits per heavy atom. The number of hydrogen-bond acceptors (Lipinski definition) is 4. The predicted molar refractivity (Wildman–Crippen MR) is 51.4 cm³/mol. The van der Waals surface area contributed by atoms with Gasteiger partial charge in [-0.15, -0.1) is 0 Å². The summed E-state index contributed by atoms with van der Waals surface area (Å²) in [6.45, 7) is 0. The van der Waals surface area contributed by atoms with E-state index in [0.29, 0.717) is 38.5 Å². The van der Waals surface area contributed by atoms with Gasteiger partial charge in [-0.25, -0.2) is 9.59 Å². The average molecular weight is 230 g/mol. The van der Waals surface area contributed by atoms with Crippen LogP contribution in [0.1, 0.15) is 38.5 Å². The number of ether oxygens (including phenoxy) is 2. The van der Waals surface area contributed by atoms with Gasteiger partial charge in [-0.1, -0.05) is 0 Å². The molecule has 3 aliphatic carbocycles. The second-order valence-corrected chi connectivity index (χ2v) is 4.60. The molecule has 0 unspecified atom stereocenters. The second-order valence-electron chi connectivity index (χ2n) is 4.60. The lowest BCUT2D eigenvalue weighted by molar-refractivity contribution is -0.154. The Morgan fingerprint density at radius 3 is 1.19 bits per heavy atom.